The minimum atomic E-state index is -0.852. The summed E-state index contributed by atoms with van der Waals surface area (Å²) in [5.41, 5.74) is 1.14. The highest BCUT2D eigenvalue weighted by Crippen LogP contribution is 2.30. The molecule has 0 radical (unpaired) electrons. The Kier molecular flexibility index (Phi) is 7.96. The molecule has 0 aromatic heterocycles. The van der Waals surface area contributed by atoms with E-state index in [-0.39, 0.29) is 0 Å². The van der Waals surface area contributed by atoms with E-state index in [1.54, 1.807) is 0 Å². The van der Waals surface area contributed by atoms with E-state index in [1.165, 1.54) is 39.0 Å². The van der Waals surface area contributed by atoms with Gasteiger partial charge in [-0.2, -0.15) is 0 Å². The first kappa shape index (κ1) is 19.5. The number of benzene rings is 1. The normalized spacial score (nSPS) is 17.6. The van der Waals surface area contributed by atoms with Crippen LogP contribution >= 0.6 is 0 Å². The monoisotopic (exact) mass is 346 g/mol. The summed E-state index contributed by atoms with van der Waals surface area (Å²) in [6.45, 7) is 1.36. The zero-order valence-corrected chi connectivity index (χ0v) is 15.2. The molecule has 1 aromatic carbocycles. The van der Waals surface area contributed by atoms with Gasteiger partial charge in [0.15, 0.2) is 0 Å². The summed E-state index contributed by atoms with van der Waals surface area (Å²) < 4.78 is 5.42. The van der Waals surface area contributed by atoms with Crippen LogP contribution in [-0.4, -0.2) is 23.1 Å². The van der Waals surface area contributed by atoms with Crippen molar-refractivity contribution in [2.45, 2.75) is 70.8 Å². The minimum Gasteiger partial charge on any atom is -0.481 e. The summed E-state index contributed by atoms with van der Waals surface area (Å²) in [6.07, 6.45) is 8.42. The number of carbonyl (C=O) groups excluding carboxylic acids is 1. The number of aliphatic carboxylic acids is 1. The molecule has 4 heteroatoms. The Balaban J connectivity index is 1.96. The zero-order chi connectivity index (χ0) is 18.1. The highest BCUT2D eigenvalue weighted by Gasteiger charge is 2.31. The average molecular weight is 346 g/mol. The van der Waals surface area contributed by atoms with E-state index in [4.69, 9.17) is 4.74 Å². The minimum absolute atomic E-state index is 0.401. The third-order valence-electron chi connectivity index (χ3n) is 5.25. The van der Waals surface area contributed by atoms with Gasteiger partial charge in [-0.25, -0.2) is 0 Å². The summed E-state index contributed by atoms with van der Waals surface area (Å²) in [6, 6.07) is 9.92. The Morgan fingerprint density at radius 3 is 2.40 bits per heavy atom. The number of ether oxygens (including phenoxy) is 1. The van der Waals surface area contributed by atoms with E-state index in [9.17, 15) is 14.7 Å². The number of aryl methyl sites for hydroxylation is 1. The lowest BCUT2D eigenvalue weighted by Gasteiger charge is -2.27. The molecule has 0 spiro atoms. The average Bonchev–Trinajstić information content (AvgIpc) is 2.60. The van der Waals surface area contributed by atoms with Gasteiger partial charge in [-0.15, -0.1) is 0 Å². The molecule has 1 aliphatic carbocycles. The molecule has 138 valence electrons. The molecule has 0 amide bonds. The Labute approximate surface area is 150 Å². The van der Waals surface area contributed by atoms with Crippen LogP contribution in [0.2, 0.25) is 0 Å². The molecule has 25 heavy (non-hydrogen) atoms. The molecule has 4 nitrogen and oxygen atoms in total. The molecule has 1 fully saturated rings. The van der Waals surface area contributed by atoms with Crippen LogP contribution < -0.4 is 0 Å². The molecule has 2 rings (SSSR count). The van der Waals surface area contributed by atoms with Crippen molar-refractivity contribution < 1.29 is 19.4 Å². The largest absolute Gasteiger partial charge is 0.481 e. The third-order valence-corrected chi connectivity index (χ3v) is 5.25. The topological polar surface area (TPSA) is 63.6 Å². The van der Waals surface area contributed by atoms with Crippen molar-refractivity contribution in [2.75, 3.05) is 0 Å². The number of carbonyl (C=O) groups is 2. The quantitative estimate of drug-likeness (QED) is 0.663. The molecular formula is C21H30O4. The van der Waals surface area contributed by atoms with Crippen LogP contribution in [0.3, 0.4) is 0 Å². The van der Waals surface area contributed by atoms with Crippen LogP contribution in [0.4, 0.5) is 0 Å². The lowest BCUT2D eigenvalue weighted by Crippen LogP contribution is -2.33. The highest BCUT2D eigenvalue weighted by molar-refractivity contribution is 5.72. The van der Waals surface area contributed by atoms with Gasteiger partial charge in [0.05, 0.1) is 5.92 Å². The third kappa shape index (κ3) is 6.89. The molecule has 1 aliphatic rings. The fraction of sp³-hybridized carbons (Fsp3) is 0.619. The van der Waals surface area contributed by atoms with Crippen molar-refractivity contribution in [1.82, 2.24) is 0 Å². The maximum Gasteiger partial charge on any atom is 0.310 e. The van der Waals surface area contributed by atoms with Crippen molar-refractivity contribution >= 4 is 11.9 Å². The molecule has 1 aromatic rings. The molecule has 0 unspecified atom stereocenters. The summed E-state index contributed by atoms with van der Waals surface area (Å²) >= 11 is 0. The Hall–Kier alpha value is -1.84. The number of esters is 1. The second-order valence-electron chi connectivity index (χ2n) is 7.20. The first-order valence-electron chi connectivity index (χ1n) is 9.50. The predicted octanol–water partition coefficient (Wildman–Crippen LogP) is 4.61. The molecular weight excluding hydrogens is 316 g/mol. The molecule has 0 saturated heterocycles. The Bertz CT molecular complexity index is 534. The zero-order valence-electron chi connectivity index (χ0n) is 15.2. The Morgan fingerprint density at radius 2 is 1.80 bits per heavy atom. The van der Waals surface area contributed by atoms with Gasteiger partial charge in [0.2, 0.25) is 0 Å². The van der Waals surface area contributed by atoms with E-state index >= 15 is 0 Å². The molecule has 0 heterocycles. The van der Waals surface area contributed by atoms with Gasteiger partial charge in [0.1, 0.15) is 6.10 Å². The second kappa shape index (κ2) is 10.2. The lowest BCUT2D eigenvalue weighted by atomic mass is 9.82. The molecule has 2 atom stereocenters. The lowest BCUT2D eigenvalue weighted by molar-refractivity contribution is -0.158. The first-order valence-corrected chi connectivity index (χ1v) is 9.50. The number of carboxylic acid groups (broad SMARTS) is 1. The van der Waals surface area contributed by atoms with Gasteiger partial charge < -0.3 is 9.84 Å². The van der Waals surface area contributed by atoms with Gasteiger partial charge in [-0.1, -0.05) is 62.4 Å². The van der Waals surface area contributed by atoms with Gasteiger partial charge >= 0.3 is 11.9 Å². The molecule has 0 aliphatic heterocycles. The highest BCUT2D eigenvalue weighted by atomic mass is 16.5. The van der Waals surface area contributed by atoms with E-state index in [0.29, 0.717) is 25.2 Å². The first-order chi connectivity index (χ1) is 12.1. The standard InChI is InChI=1S/C21H30O4/c1-16(22)25-20(15-13-18-10-6-3-7-11-18)19(21(23)24)14-12-17-8-4-2-5-9-17/h3,6-7,10-11,17,19-20H,2,4-5,8-9,12-15H2,1H3,(H,23,24)/t19-,20-/m0/s1. The van der Waals surface area contributed by atoms with Crippen molar-refractivity contribution in [3.8, 4) is 0 Å². The molecule has 0 bridgehead atoms. The van der Waals surface area contributed by atoms with Crippen LogP contribution in [-0.2, 0) is 20.7 Å². The number of carboxylic acids is 1. The van der Waals surface area contributed by atoms with Crippen LogP contribution in [0.1, 0.15) is 63.9 Å². The smallest absolute Gasteiger partial charge is 0.310 e. The number of rotatable bonds is 9. The SMILES string of the molecule is CC(=O)O[C@@H](CCc1ccccc1)[C@H](CCC1CCCCC1)C(=O)O. The van der Waals surface area contributed by atoms with Crippen LogP contribution in [0, 0.1) is 11.8 Å². The van der Waals surface area contributed by atoms with E-state index in [1.807, 2.05) is 30.3 Å². The Morgan fingerprint density at radius 1 is 1.12 bits per heavy atom. The summed E-state index contributed by atoms with van der Waals surface area (Å²) in [7, 11) is 0. The molecule has 1 saturated carbocycles. The fourth-order valence-electron chi connectivity index (χ4n) is 3.87. The van der Waals surface area contributed by atoms with Crippen molar-refractivity contribution in [2.24, 2.45) is 11.8 Å². The van der Waals surface area contributed by atoms with E-state index in [2.05, 4.69) is 0 Å². The number of hydrogen-bond acceptors (Lipinski definition) is 3. The van der Waals surface area contributed by atoms with Crippen LogP contribution in [0.15, 0.2) is 30.3 Å². The van der Waals surface area contributed by atoms with Gasteiger partial charge in [0, 0.05) is 6.92 Å². The summed E-state index contributed by atoms with van der Waals surface area (Å²) in [5.74, 6) is -1.24. The van der Waals surface area contributed by atoms with Crippen molar-refractivity contribution in [3.05, 3.63) is 35.9 Å². The van der Waals surface area contributed by atoms with E-state index < -0.39 is 24.0 Å². The summed E-state index contributed by atoms with van der Waals surface area (Å²) in [4.78, 5) is 23.3. The van der Waals surface area contributed by atoms with Gasteiger partial charge in [-0.3, -0.25) is 9.59 Å². The molecule has 1 N–H and O–H groups in total. The van der Waals surface area contributed by atoms with Crippen molar-refractivity contribution in [1.29, 1.82) is 0 Å². The van der Waals surface area contributed by atoms with Crippen LogP contribution in [0.25, 0.3) is 0 Å². The van der Waals surface area contributed by atoms with Crippen LogP contribution in [0.5, 0.6) is 0 Å². The van der Waals surface area contributed by atoms with E-state index in [0.717, 1.165) is 12.0 Å². The predicted molar refractivity (Wildman–Crippen MR) is 97.3 cm³/mol. The fourth-order valence-corrected chi connectivity index (χ4v) is 3.87. The summed E-state index contributed by atoms with van der Waals surface area (Å²) in [5, 5.41) is 9.69. The van der Waals surface area contributed by atoms with Gasteiger partial charge in [0.25, 0.3) is 0 Å². The maximum atomic E-state index is 11.8. The van der Waals surface area contributed by atoms with Gasteiger partial charge in [-0.05, 0) is 37.2 Å². The number of hydrogen-bond donors (Lipinski definition) is 1. The maximum absolute atomic E-state index is 11.8. The van der Waals surface area contributed by atoms with Crippen molar-refractivity contribution in [3.63, 3.8) is 0 Å². The second-order valence-corrected chi connectivity index (χ2v) is 7.20.